The van der Waals surface area contributed by atoms with Gasteiger partial charge in [0.2, 0.25) is 0 Å². The highest BCUT2D eigenvalue weighted by atomic mass is 35.5. The highest BCUT2D eigenvalue weighted by molar-refractivity contribution is 6.32. The molecule has 3 nitrogen and oxygen atoms in total. The smallest absolute Gasteiger partial charge is 0.296 e. The summed E-state index contributed by atoms with van der Waals surface area (Å²) in [4.78, 5) is 8.81. The van der Waals surface area contributed by atoms with E-state index in [0.717, 1.165) is 30.3 Å². The Morgan fingerprint density at radius 3 is 2.62 bits per heavy atom. The Bertz CT molecular complexity index is 1120. The van der Waals surface area contributed by atoms with Gasteiger partial charge in [0.15, 0.2) is 0 Å². The minimum atomic E-state index is -4.53. The summed E-state index contributed by atoms with van der Waals surface area (Å²) >= 11 is 5.96. The Morgan fingerprint density at radius 2 is 1.93 bits per heavy atom. The van der Waals surface area contributed by atoms with Gasteiger partial charge in [-0.2, -0.15) is 13.2 Å². The predicted molar refractivity (Wildman–Crippen MR) is 106 cm³/mol. The van der Waals surface area contributed by atoms with E-state index >= 15 is 0 Å². The Kier molecular flexibility index (Phi) is 5.28. The summed E-state index contributed by atoms with van der Waals surface area (Å²) in [6, 6.07) is 18.3. The first-order chi connectivity index (χ1) is 13.9. The Balaban J connectivity index is 1.75. The van der Waals surface area contributed by atoms with E-state index in [0.29, 0.717) is 17.8 Å². The van der Waals surface area contributed by atoms with Crippen LogP contribution in [-0.4, -0.2) is 14.5 Å². The van der Waals surface area contributed by atoms with Crippen LogP contribution in [0.5, 0.6) is 0 Å². The molecule has 0 aliphatic carbocycles. The quantitative estimate of drug-likeness (QED) is 0.397. The van der Waals surface area contributed by atoms with E-state index in [9.17, 15) is 13.2 Å². The number of benzene rings is 2. The molecule has 0 saturated heterocycles. The summed E-state index contributed by atoms with van der Waals surface area (Å²) in [6.45, 7) is 0. The molecule has 2 aromatic carbocycles. The summed E-state index contributed by atoms with van der Waals surface area (Å²) in [6.07, 6.45) is -0.699. The molecule has 4 rings (SSSR count). The molecule has 0 fully saturated rings. The standard InChI is InChI=1S/C22H16ClF3N3/c23-18-14-20-19(13-17(18)22(24,25)26)28-21(29(20)16-9-2-1-3-10-16)11-6-8-15-7-4-5-12-27-15/h1-2,4-5,7,9-10,12-14H,6,8,11H2. The largest absolute Gasteiger partial charge is 0.417 e. The van der Waals surface area contributed by atoms with Crippen LogP contribution in [0.1, 0.15) is 23.5 Å². The minimum Gasteiger partial charge on any atom is -0.296 e. The van der Waals surface area contributed by atoms with E-state index in [-0.39, 0.29) is 10.5 Å². The maximum absolute atomic E-state index is 13.3. The van der Waals surface area contributed by atoms with Gasteiger partial charge in [-0.3, -0.25) is 9.55 Å². The van der Waals surface area contributed by atoms with Gasteiger partial charge in [0, 0.05) is 24.0 Å². The van der Waals surface area contributed by atoms with Crippen LogP contribution in [0.25, 0.3) is 16.7 Å². The minimum absolute atomic E-state index is 0.262. The summed E-state index contributed by atoms with van der Waals surface area (Å²) < 4.78 is 41.6. The SMILES string of the molecule is FC(F)(F)c1cc2nc(CCCc3ccccn3)n(-c3c[c]ccc3)c2cc1Cl. The van der Waals surface area contributed by atoms with Crippen molar-refractivity contribution in [3.63, 3.8) is 0 Å². The van der Waals surface area contributed by atoms with Gasteiger partial charge in [0.1, 0.15) is 5.82 Å². The Hall–Kier alpha value is -2.86. The molecule has 7 heteroatoms. The van der Waals surface area contributed by atoms with Crippen molar-refractivity contribution < 1.29 is 13.2 Å². The van der Waals surface area contributed by atoms with Gasteiger partial charge in [-0.25, -0.2) is 4.98 Å². The summed E-state index contributed by atoms with van der Waals surface area (Å²) in [7, 11) is 0. The molecule has 0 amide bonds. The number of pyridine rings is 1. The molecular formula is C22H16ClF3N3. The highest BCUT2D eigenvalue weighted by Gasteiger charge is 2.34. The van der Waals surface area contributed by atoms with Gasteiger partial charge in [0.05, 0.1) is 21.6 Å². The second kappa shape index (κ2) is 7.87. The Morgan fingerprint density at radius 1 is 1.07 bits per heavy atom. The van der Waals surface area contributed by atoms with Crippen LogP contribution in [0, 0.1) is 6.07 Å². The number of alkyl halides is 3. The molecule has 2 heterocycles. The fourth-order valence-electron chi connectivity index (χ4n) is 3.32. The van der Waals surface area contributed by atoms with Crippen LogP contribution >= 0.6 is 11.6 Å². The van der Waals surface area contributed by atoms with Gasteiger partial charge in [-0.15, -0.1) is 0 Å². The van der Waals surface area contributed by atoms with E-state index in [2.05, 4.69) is 16.0 Å². The molecule has 0 unspecified atom stereocenters. The molecule has 147 valence electrons. The first-order valence-corrected chi connectivity index (χ1v) is 9.46. The molecule has 0 atom stereocenters. The lowest BCUT2D eigenvalue weighted by atomic mass is 10.1. The number of aromatic nitrogens is 3. The fraction of sp³-hybridized carbons (Fsp3) is 0.182. The maximum Gasteiger partial charge on any atom is 0.417 e. The molecule has 4 aromatic rings. The molecule has 0 N–H and O–H groups in total. The van der Waals surface area contributed by atoms with Gasteiger partial charge in [0.25, 0.3) is 0 Å². The van der Waals surface area contributed by atoms with E-state index < -0.39 is 11.7 Å². The van der Waals surface area contributed by atoms with E-state index in [1.54, 1.807) is 18.3 Å². The number of nitrogens with zero attached hydrogens (tertiary/aromatic N) is 3. The van der Waals surface area contributed by atoms with Gasteiger partial charge in [-0.1, -0.05) is 29.8 Å². The number of imidazole rings is 1. The number of fused-ring (bicyclic) bond motifs is 1. The molecule has 0 saturated carbocycles. The number of halogens is 4. The van der Waals surface area contributed by atoms with Crippen molar-refractivity contribution in [3.05, 3.63) is 89.0 Å². The van der Waals surface area contributed by atoms with Crippen molar-refractivity contribution in [2.75, 3.05) is 0 Å². The maximum atomic E-state index is 13.3. The normalized spacial score (nSPS) is 11.9. The van der Waals surface area contributed by atoms with Crippen LogP contribution in [0.4, 0.5) is 13.2 Å². The van der Waals surface area contributed by atoms with Crippen molar-refractivity contribution >= 4 is 22.6 Å². The number of hydrogen-bond acceptors (Lipinski definition) is 2. The average molecular weight is 415 g/mol. The number of hydrogen-bond donors (Lipinski definition) is 0. The van der Waals surface area contributed by atoms with Crippen LogP contribution in [-0.2, 0) is 19.0 Å². The summed E-state index contributed by atoms with van der Waals surface area (Å²) in [5.41, 5.74) is 1.66. The molecular weight excluding hydrogens is 399 g/mol. The third-order valence-electron chi connectivity index (χ3n) is 4.63. The number of aryl methyl sites for hydroxylation is 2. The number of rotatable bonds is 5. The zero-order valence-corrected chi connectivity index (χ0v) is 16.0. The zero-order valence-electron chi connectivity index (χ0n) is 15.2. The van der Waals surface area contributed by atoms with Gasteiger partial charge in [-0.05, 0) is 55.3 Å². The average Bonchev–Trinajstić information content (AvgIpc) is 3.05. The van der Waals surface area contributed by atoms with Crippen molar-refractivity contribution in [1.29, 1.82) is 0 Å². The molecule has 2 aromatic heterocycles. The van der Waals surface area contributed by atoms with Crippen LogP contribution in [0.3, 0.4) is 0 Å². The first kappa shape index (κ1) is 19.5. The van der Waals surface area contributed by atoms with Crippen LogP contribution in [0.15, 0.2) is 60.8 Å². The third kappa shape index (κ3) is 4.12. The molecule has 0 bridgehead atoms. The molecule has 1 radical (unpaired) electrons. The van der Waals surface area contributed by atoms with E-state index in [1.165, 1.54) is 6.07 Å². The molecule has 29 heavy (non-hydrogen) atoms. The second-order valence-electron chi connectivity index (χ2n) is 6.62. The summed E-state index contributed by atoms with van der Waals surface area (Å²) in [5.74, 6) is 0.672. The van der Waals surface area contributed by atoms with Crippen molar-refractivity contribution in [3.8, 4) is 5.69 Å². The van der Waals surface area contributed by atoms with Crippen molar-refractivity contribution in [1.82, 2.24) is 14.5 Å². The lowest BCUT2D eigenvalue weighted by molar-refractivity contribution is -0.137. The van der Waals surface area contributed by atoms with Crippen LogP contribution in [0.2, 0.25) is 5.02 Å². The predicted octanol–water partition coefficient (Wildman–Crippen LogP) is 6.07. The zero-order chi connectivity index (χ0) is 20.4. The van der Waals surface area contributed by atoms with Crippen molar-refractivity contribution in [2.45, 2.75) is 25.4 Å². The van der Waals surface area contributed by atoms with Gasteiger partial charge >= 0.3 is 6.18 Å². The van der Waals surface area contributed by atoms with E-state index in [4.69, 9.17) is 11.6 Å². The van der Waals surface area contributed by atoms with Crippen LogP contribution < -0.4 is 0 Å². The van der Waals surface area contributed by atoms with Crippen molar-refractivity contribution in [2.24, 2.45) is 0 Å². The lowest BCUT2D eigenvalue weighted by Crippen LogP contribution is -2.06. The second-order valence-corrected chi connectivity index (χ2v) is 7.03. The van der Waals surface area contributed by atoms with E-state index in [1.807, 2.05) is 34.9 Å². The monoisotopic (exact) mass is 414 g/mol. The highest BCUT2D eigenvalue weighted by Crippen LogP contribution is 2.37. The molecule has 0 aliphatic rings. The molecule has 0 spiro atoms. The van der Waals surface area contributed by atoms with Gasteiger partial charge < -0.3 is 0 Å². The lowest BCUT2D eigenvalue weighted by Gasteiger charge is -2.11. The summed E-state index contributed by atoms with van der Waals surface area (Å²) in [5, 5.41) is -0.342. The first-order valence-electron chi connectivity index (χ1n) is 9.08. The fourth-order valence-corrected chi connectivity index (χ4v) is 3.58. The topological polar surface area (TPSA) is 30.7 Å². The Labute approximate surface area is 170 Å². The molecule has 0 aliphatic heterocycles. The third-order valence-corrected chi connectivity index (χ3v) is 4.94.